The van der Waals surface area contributed by atoms with Gasteiger partial charge >= 0.3 is 0 Å². The lowest BCUT2D eigenvalue weighted by molar-refractivity contribution is -0.742. The monoisotopic (exact) mass is 541 g/mol. The first-order valence-corrected chi connectivity index (χ1v) is 13.2. The van der Waals surface area contributed by atoms with E-state index in [9.17, 15) is 13.7 Å². The van der Waals surface area contributed by atoms with Gasteiger partial charge in [-0.1, -0.05) is 72.8 Å². The van der Waals surface area contributed by atoms with Crippen LogP contribution in [0.25, 0.3) is 10.8 Å². The molecule has 1 N–H and O–H groups in total. The maximum atomic E-state index is 13.0. The molecule has 1 unspecified atom stereocenters. The van der Waals surface area contributed by atoms with Crippen LogP contribution in [-0.4, -0.2) is 33.5 Å². The van der Waals surface area contributed by atoms with E-state index in [0.29, 0.717) is 6.42 Å². The van der Waals surface area contributed by atoms with Crippen LogP contribution in [0.5, 0.6) is 0 Å². The zero-order valence-electron chi connectivity index (χ0n) is 20.5. The maximum Gasteiger partial charge on any atom is 0.291 e. The van der Waals surface area contributed by atoms with Gasteiger partial charge in [0.1, 0.15) is 18.1 Å². The Morgan fingerprint density at radius 2 is 1.54 bits per heavy atom. The lowest BCUT2D eigenvalue weighted by atomic mass is 9.76. The summed E-state index contributed by atoms with van der Waals surface area (Å²) < 4.78 is 27.7. The molecule has 5 aromatic rings. The molecule has 0 aliphatic carbocycles. The molecular formula is C28H23N5O5S. The van der Waals surface area contributed by atoms with Gasteiger partial charge in [0.2, 0.25) is 9.84 Å². The number of hydrogen-bond donors (Lipinski definition) is 1. The van der Waals surface area contributed by atoms with Crippen LogP contribution in [0.4, 0.5) is 0 Å². The molecule has 0 aliphatic heterocycles. The summed E-state index contributed by atoms with van der Waals surface area (Å²) in [5.74, 6) is 0. The van der Waals surface area contributed by atoms with Gasteiger partial charge < -0.3 is 5.21 Å². The fraction of sp³-hybridized carbons (Fsp3) is 0.107. The fourth-order valence-electron chi connectivity index (χ4n) is 4.37. The predicted octanol–water partition coefficient (Wildman–Crippen LogP) is 4.62. The van der Waals surface area contributed by atoms with Crippen molar-refractivity contribution in [2.45, 2.75) is 28.2 Å². The number of sulfone groups is 1. The van der Waals surface area contributed by atoms with E-state index in [4.69, 9.17) is 15.3 Å². The first-order valence-electron chi connectivity index (χ1n) is 11.7. The molecular weight excluding hydrogens is 518 g/mol. The highest BCUT2D eigenvalue weighted by Crippen LogP contribution is 2.33. The second-order valence-electron chi connectivity index (χ2n) is 8.72. The van der Waals surface area contributed by atoms with Crippen LogP contribution < -0.4 is 0 Å². The van der Waals surface area contributed by atoms with Crippen molar-refractivity contribution in [3.63, 3.8) is 0 Å². The summed E-state index contributed by atoms with van der Waals surface area (Å²) in [5, 5.41) is 30.6. The average molecular weight is 542 g/mol. The van der Waals surface area contributed by atoms with Crippen LogP contribution in [0.3, 0.4) is 0 Å². The predicted molar refractivity (Wildman–Crippen MR) is 142 cm³/mol. The lowest BCUT2D eigenvalue weighted by Gasteiger charge is -2.27. The maximum absolute atomic E-state index is 13.0. The molecule has 5 rings (SSSR count). The van der Waals surface area contributed by atoms with Crippen molar-refractivity contribution < 1.29 is 18.7 Å². The molecule has 0 amide bonds. The molecule has 0 saturated carbocycles. The Kier molecular flexibility index (Phi) is 7.98. The van der Waals surface area contributed by atoms with Gasteiger partial charge in [-0.3, -0.25) is 4.68 Å². The smallest absolute Gasteiger partial charge is 0.291 e. The van der Waals surface area contributed by atoms with Gasteiger partial charge in [0.15, 0.2) is 0 Å². The van der Waals surface area contributed by atoms with Crippen LogP contribution in [0, 0.1) is 21.4 Å². The summed E-state index contributed by atoms with van der Waals surface area (Å²) in [6.45, 7) is 0.279. The molecule has 1 atom stereocenters. The van der Waals surface area contributed by atoms with E-state index in [-0.39, 0.29) is 16.3 Å². The third-order valence-corrected chi connectivity index (χ3v) is 7.99. The quantitative estimate of drug-likeness (QED) is 0.231. The molecule has 39 heavy (non-hydrogen) atoms. The van der Waals surface area contributed by atoms with Crippen molar-refractivity contribution in [3.8, 4) is 6.07 Å². The van der Waals surface area contributed by atoms with Gasteiger partial charge in [-0.25, -0.2) is 13.4 Å². The minimum absolute atomic E-state index is 0.186. The Bertz CT molecular complexity index is 1710. The van der Waals surface area contributed by atoms with Crippen molar-refractivity contribution in [2.24, 2.45) is 0 Å². The first kappa shape index (κ1) is 27.0. The topological polar surface area (TPSA) is 152 Å². The Morgan fingerprint density at radius 1 is 0.923 bits per heavy atom. The molecule has 0 fully saturated rings. The van der Waals surface area contributed by atoms with Gasteiger partial charge in [0.05, 0.1) is 22.4 Å². The largest absolute Gasteiger partial charge is 0.328 e. The Labute approximate surface area is 224 Å². The molecule has 0 bridgehead atoms. The second kappa shape index (κ2) is 11.5. The molecule has 4 aromatic carbocycles. The summed E-state index contributed by atoms with van der Waals surface area (Å²) in [6.07, 6.45) is 3.45. The zero-order chi connectivity index (χ0) is 27.9. The van der Waals surface area contributed by atoms with Crippen LogP contribution in [-0.2, 0) is 28.2 Å². The van der Waals surface area contributed by atoms with E-state index in [1.165, 1.54) is 6.33 Å². The number of rotatable bonds is 7. The Balaban J connectivity index is 0.000000826. The van der Waals surface area contributed by atoms with E-state index in [1.807, 2.05) is 24.3 Å². The zero-order valence-corrected chi connectivity index (χ0v) is 21.3. The molecule has 0 spiro atoms. The fourth-order valence-corrected chi connectivity index (χ4v) is 5.65. The van der Waals surface area contributed by atoms with Gasteiger partial charge in [-0.05, 0) is 52.6 Å². The van der Waals surface area contributed by atoms with E-state index in [2.05, 4.69) is 34.4 Å². The summed E-state index contributed by atoms with van der Waals surface area (Å²) in [7, 11) is -3.65. The lowest BCUT2D eigenvalue weighted by Crippen LogP contribution is -2.33. The Hall–Kier alpha value is -5.08. The number of hydrogen-bond acceptors (Lipinski definition) is 7. The second-order valence-corrected chi connectivity index (χ2v) is 10.7. The number of nitriles is 1. The standard InChI is InChI=1S/C28H22N4O2S.HNO3/c29-18-28(19-32-21-30-20-31-32,17-22-10-11-23-6-4-5-7-24(23)16-22)25-12-14-27(15-13-25)35(33,34)26-8-2-1-3-9-26;2-1(3)4/h1-16,20-21H,17,19H2;(H,2,3,4). The van der Waals surface area contributed by atoms with E-state index in [0.717, 1.165) is 21.9 Å². The van der Waals surface area contributed by atoms with Crippen LogP contribution in [0.15, 0.2) is 120 Å². The van der Waals surface area contributed by atoms with E-state index >= 15 is 0 Å². The third-order valence-electron chi connectivity index (χ3n) is 6.20. The molecule has 1 heterocycles. The molecule has 0 saturated heterocycles. The summed E-state index contributed by atoms with van der Waals surface area (Å²) in [4.78, 5) is 12.8. The normalized spacial score (nSPS) is 12.5. The van der Waals surface area contributed by atoms with Crippen molar-refractivity contribution in [1.82, 2.24) is 14.8 Å². The van der Waals surface area contributed by atoms with E-state index < -0.39 is 20.3 Å². The number of benzene rings is 4. The van der Waals surface area contributed by atoms with Gasteiger partial charge in [0, 0.05) is 0 Å². The minimum Gasteiger partial charge on any atom is -0.328 e. The molecule has 1 aromatic heterocycles. The van der Waals surface area contributed by atoms with Gasteiger partial charge in [-0.2, -0.15) is 10.4 Å². The van der Waals surface area contributed by atoms with Gasteiger partial charge in [0.25, 0.3) is 5.09 Å². The highest BCUT2D eigenvalue weighted by molar-refractivity contribution is 7.91. The summed E-state index contributed by atoms with van der Waals surface area (Å²) in [5.41, 5.74) is 0.743. The number of fused-ring (bicyclic) bond motifs is 1. The molecule has 11 heteroatoms. The Morgan fingerprint density at radius 3 is 2.15 bits per heavy atom. The number of aromatic nitrogens is 3. The van der Waals surface area contributed by atoms with Gasteiger partial charge in [-0.15, -0.1) is 10.1 Å². The van der Waals surface area contributed by atoms with Crippen molar-refractivity contribution >= 4 is 20.6 Å². The molecule has 10 nitrogen and oxygen atoms in total. The molecule has 0 aliphatic rings. The van der Waals surface area contributed by atoms with Crippen LogP contribution >= 0.6 is 0 Å². The molecule has 0 radical (unpaired) electrons. The third kappa shape index (κ3) is 6.26. The average Bonchev–Trinajstić information content (AvgIpc) is 3.46. The summed E-state index contributed by atoms with van der Waals surface area (Å²) >= 11 is 0. The molecule has 196 valence electrons. The minimum atomic E-state index is -3.65. The highest BCUT2D eigenvalue weighted by atomic mass is 32.2. The van der Waals surface area contributed by atoms with Crippen LogP contribution in [0.1, 0.15) is 11.1 Å². The van der Waals surface area contributed by atoms with Crippen molar-refractivity contribution in [1.29, 1.82) is 5.26 Å². The van der Waals surface area contributed by atoms with E-state index in [1.54, 1.807) is 65.6 Å². The first-order chi connectivity index (χ1) is 18.7. The summed E-state index contributed by atoms with van der Waals surface area (Å²) in [6, 6.07) is 31.7. The van der Waals surface area contributed by atoms with Crippen molar-refractivity contribution in [2.75, 3.05) is 0 Å². The highest BCUT2D eigenvalue weighted by Gasteiger charge is 2.34. The number of nitrogens with zero attached hydrogens (tertiary/aromatic N) is 5. The van der Waals surface area contributed by atoms with Crippen molar-refractivity contribution in [3.05, 3.63) is 131 Å². The van der Waals surface area contributed by atoms with Crippen LogP contribution in [0.2, 0.25) is 0 Å². The SMILES string of the molecule is N#CC(Cc1ccc2ccccc2c1)(Cn1cncn1)c1ccc(S(=O)(=O)c2ccccc2)cc1.O=[N+]([O-])O.